The number of alkyl halides is 2. The molecule has 4 aliphatic carbocycles. The van der Waals surface area contributed by atoms with Crippen molar-refractivity contribution in [3.05, 3.63) is 23.8 Å². The third kappa shape index (κ3) is 4.82. The quantitative estimate of drug-likeness (QED) is 0.289. The van der Waals surface area contributed by atoms with Gasteiger partial charge in [0.05, 0.1) is 11.9 Å². The molecule has 4 aliphatic rings. The van der Waals surface area contributed by atoms with Gasteiger partial charge in [0.25, 0.3) is 10.1 Å². The van der Waals surface area contributed by atoms with E-state index in [1.807, 2.05) is 0 Å². The molecule has 0 heterocycles. The molecule has 0 aromatic rings. The van der Waals surface area contributed by atoms with Crippen LogP contribution < -0.4 is 34.7 Å². The fourth-order valence-corrected chi connectivity index (χ4v) is 8.59. The Labute approximate surface area is 237 Å². The van der Waals surface area contributed by atoms with E-state index in [1.54, 1.807) is 13.8 Å². The van der Waals surface area contributed by atoms with Crippen LogP contribution in [0.4, 0.5) is 8.78 Å². The number of aliphatic carboxylic acids is 1. The summed E-state index contributed by atoms with van der Waals surface area (Å²) < 4.78 is 61.2. The van der Waals surface area contributed by atoms with Crippen LogP contribution in [0.25, 0.3) is 0 Å². The van der Waals surface area contributed by atoms with Gasteiger partial charge in [-0.05, 0) is 61.2 Å². The van der Waals surface area contributed by atoms with Gasteiger partial charge in [-0.1, -0.05) is 19.9 Å². The summed E-state index contributed by atoms with van der Waals surface area (Å²) in [5.41, 5.74) is -4.71. The molecule has 8 nitrogen and oxygen atoms in total. The summed E-state index contributed by atoms with van der Waals surface area (Å²) in [7, 11) is -4.28. The number of ketones is 2. The second kappa shape index (κ2) is 10.2. The molecule has 3 fully saturated rings. The minimum atomic E-state index is -4.28. The number of halogens is 2. The van der Waals surface area contributed by atoms with E-state index in [-0.39, 0.29) is 53.9 Å². The Kier molecular flexibility index (Phi) is 8.43. The number of Topliss-reactive ketones (excluding diaryl/α,β-unsaturated/α-hetero) is 1. The summed E-state index contributed by atoms with van der Waals surface area (Å²) in [6.45, 7) is 4.22. The van der Waals surface area contributed by atoms with Gasteiger partial charge in [0, 0.05) is 29.6 Å². The van der Waals surface area contributed by atoms with Crippen LogP contribution in [0.15, 0.2) is 23.8 Å². The number of carbonyl (C=O) groups excluding carboxylic acids is 3. The number of hydrogen-bond donors (Lipinski definition) is 1. The van der Waals surface area contributed by atoms with Crippen LogP contribution in [0.1, 0.15) is 46.5 Å². The molecule has 0 aromatic carbocycles. The van der Waals surface area contributed by atoms with Crippen molar-refractivity contribution in [2.24, 2.45) is 34.5 Å². The van der Waals surface area contributed by atoms with Crippen LogP contribution in [0.3, 0.4) is 0 Å². The summed E-state index contributed by atoms with van der Waals surface area (Å²) in [6.07, 6.45) is -0.234. The molecule has 0 aromatic heterocycles. The molecule has 9 atom stereocenters. The Morgan fingerprint density at radius 3 is 2.51 bits per heavy atom. The minimum Gasteiger partial charge on any atom is -0.550 e. The van der Waals surface area contributed by atoms with Crippen molar-refractivity contribution >= 4 is 27.7 Å². The van der Waals surface area contributed by atoms with Crippen molar-refractivity contribution in [2.75, 3.05) is 12.4 Å². The Morgan fingerprint density at radius 2 is 1.89 bits per heavy atom. The molecule has 0 aliphatic heterocycles. The van der Waals surface area contributed by atoms with Crippen LogP contribution in [-0.4, -0.2) is 61.4 Å². The maximum Gasteiger partial charge on any atom is 1.00 e. The summed E-state index contributed by atoms with van der Waals surface area (Å²) in [4.78, 5) is 35.7. The maximum atomic E-state index is 17.1. The second-order valence-corrected chi connectivity index (χ2v) is 13.0. The van der Waals surface area contributed by atoms with E-state index in [9.17, 15) is 33.0 Å². The Morgan fingerprint density at radius 1 is 1.24 bits per heavy atom. The number of fused-ring (bicyclic) bond motifs is 5. The van der Waals surface area contributed by atoms with Gasteiger partial charge < -0.3 is 15.0 Å². The van der Waals surface area contributed by atoms with Gasteiger partial charge in [-0.15, -0.1) is 0 Å². The van der Waals surface area contributed by atoms with E-state index in [0.717, 1.165) is 6.08 Å². The van der Waals surface area contributed by atoms with Crippen molar-refractivity contribution in [3.63, 3.8) is 0 Å². The summed E-state index contributed by atoms with van der Waals surface area (Å²) in [5.74, 6) is -5.89. The number of carbonyl (C=O) groups is 3. The van der Waals surface area contributed by atoms with Crippen LogP contribution >= 0.6 is 0 Å². The molecular formula is C25H31F2NaO8S. The number of allylic oxidation sites excluding steroid dienone is 4. The van der Waals surface area contributed by atoms with Crippen molar-refractivity contribution in [1.29, 1.82) is 0 Å². The molecule has 2 unspecified atom stereocenters. The average Bonchev–Trinajstić information content (AvgIpc) is 3.04. The van der Waals surface area contributed by atoms with Gasteiger partial charge in [0.2, 0.25) is 0 Å². The Bertz CT molecular complexity index is 1160. The first-order chi connectivity index (χ1) is 16.6. The summed E-state index contributed by atoms with van der Waals surface area (Å²) in [6, 6.07) is 0. The number of carboxylic acids is 1. The molecule has 200 valence electrons. The predicted molar refractivity (Wildman–Crippen MR) is 121 cm³/mol. The van der Waals surface area contributed by atoms with Gasteiger partial charge in [-0.25, -0.2) is 8.78 Å². The fourth-order valence-electron chi connectivity index (χ4n) is 7.76. The zero-order valence-electron chi connectivity index (χ0n) is 21.4. The zero-order valence-corrected chi connectivity index (χ0v) is 24.2. The molecule has 0 spiro atoms. The molecule has 4 rings (SSSR count). The average molecular weight is 553 g/mol. The normalized spacial score (nSPS) is 42.6. The van der Waals surface area contributed by atoms with E-state index in [2.05, 4.69) is 0 Å². The van der Waals surface area contributed by atoms with Crippen molar-refractivity contribution in [1.82, 2.24) is 0 Å². The molecule has 0 saturated heterocycles. The molecule has 0 bridgehead atoms. The first-order valence-corrected chi connectivity index (χ1v) is 13.7. The molecule has 37 heavy (non-hydrogen) atoms. The second-order valence-electron chi connectivity index (χ2n) is 11.3. The van der Waals surface area contributed by atoms with E-state index >= 15 is 8.78 Å². The number of hydrogen-bond acceptors (Lipinski definition) is 8. The standard InChI is InChI=1S/C25H32F2O8S.Na/c1-13-8-15-16-10-18(26)17-9-14(28)4-6-24(17,3)25(16,27)20(30)11-23(15,2)22(13)19(29)12-35-36(33,34)7-5-21(31)32;/h4,6,9,13,15-16,18,20,22,30H,5,7-8,10-12H2,1-3H3,(H,31,32);/q;+1/p-1/t13-,15?,16?,18+,20+,22-,23-,24+,25+;/m1./s1. The van der Waals surface area contributed by atoms with Crippen molar-refractivity contribution in [2.45, 2.75) is 64.4 Å². The zero-order chi connectivity index (χ0) is 26.8. The van der Waals surface area contributed by atoms with E-state index in [1.165, 1.54) is 19.1 Å². The number of aliphatic hydroxyl groups excluding tert-OH is 1. The van der Waals surface area contributed by atoms with Gasteiger partial charge in [0.1, 0.15) is 12.8 Å². The third-order valence-corrected chi connectivity index (χ3v) is 10.4. The number of aliphatic hydroxyl groups is 1. The Balaban J connectivity index is 0.00000380. The van der Waals surface area contributed by atoms with Crippen LogP contribution in [0.5, 0.6) is 0 Å². The molecular weight excluding hydrogens is 521 g/mol. The van der Waals surface area contributed by atoms with Crippen molar-refractivity contribution in [3.8, 4) is 0 Å². The van der Waals surface area contributed by atoms with Gasteiger partial charge in [-0.3, -0.25) is 13.8 Å². The minimum absolute atomic E-state index is 0. The maximum absolute atomic E-state index is 17.1. The van der Waals surface area contributed by atoms with Crippen molar-refractivity contribution < 1.29 is 75.5 Å². The number of rotatable bonds is 7. The first-order valence-electron chi connectivity index (χ1n) is 12.1. The van der Waals surface area contributed by atoms with Gasteiger partial charge in [0.15, 0.2) is 17.2 Å². The van der Waals surface area contributed by atoms with E-state index in [4.69, 9.17) is 4.18 Å². The largest absolute Gasteiger partial charge is 1.00 e. The van der Waals surface area contributed by atoms with Crippen LogP contribution in [-0.2, 0) is 28.7 Å². The summed E-state index contributed by atoms with van der Waals surface area (Å²) >= 11 is 0. The summed E-state index contributed by atoms with van der Waals surface area (Å²) in [5, 5.41) is 21.8. The van der Waals surface area contributed by atoms with Gasteiger partial charge >= 0.3 is 29.6 Å². The third-order valence-electron chi connectivity index (χ3n) is 9.25. The Hall–Kier alpha value is -0.980. The number of carboxylic acid groups (broad SMARTS) is 1. The smallest absolute Gasteiger partial charge is 0.550 e. The van der Waals surface area contributed by atoms with E-state index in [0.29, 0.717) is 6.42 Å². The predicted octanol–water partition coefficient (Wildman–Crippen LogP) is -1.77. The van der Waals surface area contributed by atoms with Crippen LogP contribution in [0, 0.1) is 34.5 Å². The van der Waals surface area contributed by atoms with E-state index < -0.39 is 93.0 Å². The molecule has 3 saturated carbocycles. The first kappa shape index (κ1) is 30.6. The molecule has 1 N–H and O–H groups in total. The molecule has 0 amide bonds. The van der Waals surface area contributed by atoms with Gasteiger partial charge in [-0.2, -0.15) is 8.42 Å². The fraction of sp³-hybridized carbons (Fsp3) is 0.720. The topological polar surface area (TPSA) is 138 Å². The molecule has 12 heteroatoms. The SMILES string of the molecule is C[C@@H]1CC2C3C[C@H](F)C4=CC(=O)C=C[C@]4(C)[C@@]3(F)[C@@H](O)C[C@@]2(C)[C@H]1C(=O)COS(=O)(=O)CCC(=O)[O-].[Na+]. The van der Waals surface area contributed by atoms with Crippen LogP contribution in [0.2, 0.25) is 0 Å². The monoisotopic (exact) mass is 552 g/mol. The molecule has 0 radical (unpaired) electrons.